The summed E-state index contributed by atoms with van der Waals surface area (Å²) in [6.07, 6.45) is 0. The first-order chi connectivity index (χ1) is 10.8. The molecule has 1 N–H and O–H groups in total. The van der Waals surface area contributed by atoms with Gasteiger partial charge in [-0.05, 0) is 37.9 Å². The van der Waals surface area contributed by atoms with Crippen LogP contribution in [-0.2, 0) is 6.54 Å². The van der Waals surface area contributed by atoms with Gasteiger partial charge in [-0.15, -0.1) is 0 Å². The number of likely N-dealkylation sites (N-methyl/N-ethyl adjacent to an activating group) is 1. The van der Waals surface area contributed by atoms with Gasteiger partial charge in [0.1, 0.15) is 5.82 Å². The van der Waals surface area contributed by atoms with E-state index in [9.17, 15) is 0 Å². The van der Waals surface area contributed by atoms with Crippen molar-refractivity contribution in [3.63, 3.8) is 0 Å². The quantitative estimate of drug-likeness (QED) is 0.937. The lowest BCUT2D eigenvalue weighted by Crippen LogP contribution is -2.44. The minimum atomic E-state index is 0.881. The van der Waals surface area contributed by atoms with E-state index >= 15 is 0 Å². The molecule has 1 saturated heterocycles. The highest BCUT2D eigenvalue weighted by Crippen LogP contribution is 2.22. The molecule has 22 heavy (non-hydrogen) atoms. The molecule has 2 aromatic rings. The molecule has 0 unspecified atom stereocenters. The zero-order valence-electron chi connectivity index (χ0n) is 13.4. The summed E-state index contributed by atoms with van der Waals surface area (Å²) < 4.78 is 0. The molecule has 0 bridgehead atoms. The van der Waals surface area contributed by atoms with Gasteiger partial charge in [-0.3, -0.25) is 0 Å². The molecule has 3 rings (SSSR count). The van der Waals surface area contributed by atoms with Gasteiger partial charge in [0.2, 0.25) is 0 Å². The molecule has 4 heteroatoms. The van der Waals surface area contributed by atoms with Gasteiger partial charge >= 0.3 is 0 Å². The van der Waals surface area contributed by atoms with Crippen LogP contribution in [0.2, 0.25) is 0 Å². The lowest BCUT2D eigenvalue weighted by atomic mass is 10.1. The summed E-state index contributed by atoms with van der Waals surface area (Å²) in [6.45, 7) is 5.18. The maximum Gasteiger partial charge on any atom is 0.129 e. The van der Waals surface area contributed by atoms with Crippen molar-refractivity contribution in [1.29, 1.82) is 0 Å². The van der Waals surface area contributed by atoms with E-state index in [1.54, 1.807) is 0 Å². The summed E-state index contributed by atoms with van der Waals surface area (Å²) in [6, 6.07) is 14.9. The van der Waals surface area contributed by atoms with Crippen LogP contribution in [0.15, 0.2) is 42.5 Å². The van der Waals surface area contributed by atoms with Crippen molar-refractivity contribution >= 4 is 5.82 Å². The van der Waals surface area contributed by atoms with E-state index in [1.807, 2.05) is 7.05 Å². The molecule has 0 amide bonds. The summed E-state index contributed by atoms with van der Waals surface area (Å²) in [5.74, 6) is 1.09. The summed E-state index contributed by atoms with van der Waals surface area (Å²) in [5.41, 5.74) is 3.52. The number of hydrogen-bond acceptors (Lipinski definition) is 4. The highest BCUT2D eigenvalue weighted by atomic mass is 15.3. The van der Waals surface area contributed by atoms with Gasteiger partial charge in [-0.2, -0.15) is 0 Å². The Labute approximate surface area is 132 Å². The van der Waals surface area contributed by atoms with E-state index in [-0.39, 0.29) is 0 Å². The van der Waals surface area contributed by atoms with Crippen LogP contribution in [0.1, 0.15) is 5.56 Å². The SMILES string of the molecule is CNCc1cccc(-c2cccc(N3CCN(C)CC3)n2)c1. The van der Waals surface area contributed by atoms with Crippen LogP contribution in [0.25, 0.3) is 11.3 Å². The van der Waals surface area contributed by atoms with Crippen molar-refractivity contribution in [2.45, 2.75) is 6.54 Å². The predicted molar refractivity (Wildman–Crippen MR) is 92.1 cm³/mol. The number of rotatable bonds is 4. The van der Waals surface area contributed by atoms with Crippen molar-refractivity contribution in [1.82, 2.24) is 15.2 Å². The average Bonchev–Trinajstić information content (AvgIpc) is 2.56. The van der Waals surface area contributed by atoms with Crippen molar-refractivity contribution < 1.29 is 0 Å². The van der Waals surface area contributed by atoms with Crippen LogP contribution >= 0.6 is 0 Å². The Kier molecular flexibility index (Phi) is 4.71. The predicted octanol–water partition coefficient (Wildman–Crippen LogP) is 2.22. The zero-order chi connectivity index (χ0) is 15.4. The van der Waals surface area contributed by atoms with Gasteiger partial charge < -0.3 is 15.1 Å². The van der Waals surface area contributed by atoms with E-state index in [2.05, 4.69) is 64.6 Å². The summed E-state index contributed by atoms with van der Waals surface area (Å²) in [5, 5.41) is 3.20. The van der Waals surface area contributed by atoms with Crippen LogP contribution in [0.4, 0.5) is 5.82 Å². The molecule has 0 radical (unpaired) electrons. The number of pyridine rings is 1. The number of nitrogens with one attached hydrogen (secondary N) is 1. The molecule has 2 heterocycles. The molecule has 4 nitrogen and oxygen atoms in total. The van der Waals surface area contributed by atoms with Gasteiger partial charge in [0.25, 0.3) is 0 Å². The van der Waals surface area contributed by atoms with Crippen molar-refractivity contribution in [2.24, 2.45) is 0 Å². The van der Waals surface area contributed by atoms with Gasteiger partial charge in [-0.25, -0.2) is 4.98 Å². The summed E-state index contributed by atoms with van der Waals surface area (Å²) >= 11 is 0. The van der Waals surface area contributed by atoms with Gasteiger partial charge in [0.05, 0.1) is 5.69 Å². The van der Waals surface area contributed by atoms with Crippen molar-refractivity contribution in [3.8, 4) is 11.3 Å². The third-order valence-electron chi connectivity index (χ3n) is 4.17. The van der Waals surface area contributed by atoms with E-state index in [4.69, 9.17) is 4.98 Å². The van der Waals surface area contributed by atoms with Crippen LogP contribution in [0.5, 0.6) is 0 Å². The molecule has 116 valence electrons. The average molecular weight is 296 g/mol. The van der Waals surface area contributed by atoms with Gasteiger partial charge in [-0.1, -0.05) is 24.3 Å². The number of benzene rings is 1. The number of hydrogen-bond donors (Lipinski definition) is 1. The van der Waals surface area contributed by atoms with Gasteiger partial charge in [0.15, 0.2) is 0 Å². The minimum Gasteiger partial charge on any atom is -0.354 e. The van der Waals surface area contributed by atoms with Crippen molar-refractivity contribution in [3.05, 3.63) is 48.0 Å². The zero-order valence-corrected chi connectivity index (χ0v) is 13.4. The fraction of sp³-hybridized carbons (Fsp3) is 0.389. The fourth-order valence-corrected chi connectivity index (χ4v) is 2.84. The third kappa shape index (κ3) is 3.46. The Morgan fingerprint density at radius 2 is 1.82 bits per heavy atom. The molecule has 1 aliphatic heterocycles. The first kappa shape index (κ1) is 15.0. The second-order valence-corrected chi connectivity index (χ2v) is 5.90. The molecule has 0 saturated carbocycles. The molecule has 1 aliphatic rings. The second kappa shape index (κ2) is 6.90. The Bertz CT molecular complexity index is 618. The number of aromatic nitrogens is 1. The largest absolute Gasteiger partial charge is 0.354 e. The molecule has 0 atom stereocenters. The Morgan fingerprint density at radius 3 is 2.59 bits per heavy atom. The molecule has 1 fully saturated rings. The fourth-order valence-electron chi connectivity index (χ4n) is 2.84. The number of piperazine rings is 1. The summed E-state index contributed by atoms with van der Waals surface area (Å²) in [7, 11) is 4.15. The first-order valence-corrected chi connectivity index (χ1v) is 7.91. The normalized spacial score (nSPS) is 16.0. The van der Waals surface area contributed by atoms with E-state index in [1.165, 1.54) is 11.1 Å². The van der Waals surface area contributed by atoms with Crippen LogP contribution in [0.3, 0.4) is 0 Å². The monoisotopic (exact) mass is 296 g/mol. The second-order valence-electron chi connectivity index (χ2n) is 5.90. The molecule has 0 aliphatic carbocycles. The van der Waals surface area contributed by atoms with Gasteiger partial charge in [0, 0.05) is 38.3 Å². The Hall–Kier alpha value is -1.91. The van der Waals surface area contributed by atoms with E-state index in [0.717, 1.165) is 44.2 Å². The Balaban J connectivity index is 1.83. The number of nitrogens with zero attached hydrogens (tertiary/aromatic N) is 3. The number of anilines is 1. The minimum absolute atomic E-state index is 0.881. The topological polar surface area (TPSA) is 31.4 Å². The molecule has 0 spiro atoms. The maximum absolute atomic E-state index is 4.88. The molecule has 1 aromatic carbocycles. The molecular formula is C18H24N4. The molecular weight excluding hydrogens is 272 g/mol. The highest BCUT2D eigenvalue weighted by Gasteiger charge is 2.15. The van der Waals surface area contributed by atoms with E-state index in [0.29, 0.717) is 0 Å². The van der Waals surface area contributed by atoms with Crippen LogP contribution < -0.4 is 10.2 Å². The highest BCUT2D eigenvalue weighted by molar-refractivity contribution is 5.62. The lowest BCUT2D eigenvalue weighted by Gasteiger charge is -2.33. The molecule has 1 aromatic heterocycles. The third-order valence-corrected chi connectivity index (χ3v) is 4.17. The van der Waals surface area contributed by atoms with Crippen LogP contribution in [-0.4, -0.2) is 50.2 Å². The maximum atomic E-state index is 4.88. The van der Waals surface area contributed by atoms with Crippen LogP contribution in [0, 0.1) is 0 Å². The summed E-state index contributed by atoms with van der Waals surface area (Å²) in [4.78, 5) is 9.62. The van der Waals surface area contributed by atoms with Crippen molar-refractivity contribution in [2.75, 3.05) is 45.2 Å². The van der Waals surface area contributed by atoms with E-state index < -0.39 is 0 Å². The lowest BCUT2D eigenvalue weighted by molar-refractivity contribution is 0.312. The Morgan fingerprint density at radius 1 is 1.05 bits per heavy atom. The smallest absolute Gasteiger partial charge is 0.129 e. The first-order valence-electron chi connectivity index (χ1n) is 7.91. The standard InChI is InChI=1S/C18H24N4/c1-19-14-15-5-3-6-16(13-15)17-7-4-8-18(20-17)22-11-9-21(2)10-12-22/h3-8,13,19H,9-12,14H2,1-2H3.